The lowest BCUT2D eigenvalue weighted by molar-refractivity contribution is 0.324. The molecule has 0 unspecified atom stereocenters. The van der Waals surface area contributed by atoms with Crippen molar-refractivity contribution >= 4 is 28.5 Å². The monoisotopic (exact) mass is 463 g/mol. The summed E-state index contributed by atoms with van der Waals surface area (Å²) in [5.74, 6) is 2.32. The van der Waals surface area contributed by atoms with Crippen molar-refractivity contribution in [3.05, 3.63) is 70.4 Å². The van der Waals surface area contributed by atoms with Crippen molar-refractivity contribution in [1.82, 2.24) is 4.68 Å². The van der Waals surface area contributed by atoms with E-state index < -0.39 is 0 Å². The van der Waals surface area contributed by atoms with Crippen LogP contribution >= 0.6 is 11.3 Å². The first-order valence-electron chi connectivity index (χ1n) is 10.2. The van der Waals surface area contributed by atoms with Crippen LogP contribution in [0.15, 0.2) is 74.5 Å². The zero-order valence-corrected chi connectivity index (χ0v) is 19.8. The lowest BCUT2D eigenvalue weighted by Crippen LogP contribution is -2.13. The Bertz CT molecular complexity index is 1360. The van der Waals surface area contributed by atoms with Crippen LogP contribution < -0.4 is 19.0 Å². The molecule has 2 aromatic heterocycles. The second kappa shape index (κ2) is 9.79. The van der Waals surface area contributed by atoms with Crippen LogP contribution in [0.2, 0.25) is 0 Å². The van der Waals surface area contributed by atoms with E-state index >= 15 is 0 Å². The average molecular weight is 464 g/mol. The van der Waals surface area contributed by atoms with Crippen LogP contribution in [-0.2, 0) is 0 Å². The molecule has 8 heteroatoms. The Kier molecular flexibility index (Phi) is 6.65. The molecule has 0 saturated carbocycles. The van der Waals surface area contributed by atoms with Gasteiger partial charge in [0.2, 0.25) is 10.6 Å². The molecule has 4 rings (SSSR count). The lowest BCUT2D eigenvalue weighted by atomic mass is 10.2. The number of para-hydroxylation sites is 1. The Morgan fingerprint density at radius 1 is 1.09 bits per heavy atom. The number of aromatic nitrogens is 1. The molecule has 170 valence electrons. The second-order valence-electron chi connectivity index (χ2n) is 7.31. The normalized spacial score (nSPS) is 11.9. The third kappa shape index (κ3) is 4.56. The fourth-order valence-corrected chi connectivity index (χ4v) is 4.16. The van der Waals surface area contributed by atoms with E-state index in [1.165, 1.54) is 11.3 Å². The highest BCUT2D eigenvalue weighted by Gasteiger charge is 2.16. The van der Waals surface area contributed by atoms with E-state index in [9.17, 15) is 0 Å². The number of benzene rings is 2. The molecule has 0 amide bonds. The number of nitrogens with zero attached hydrogens (tertiary/aromatic N) is 3. The standard InChI is InChI=1S/C25H25N3O4S/c1-16(2)13-26-25-28(19(15-33-25)22-12-17-8-6-7-9-20(17)32-22)27-14-18-10-11-21(29-3)24(31-5)23(18)30-4/h6-12,14-15H,1,13H2,2-5H3. The number of hydrogen-bond acceptors (Lipinski definition) is 7. The highest BCUT2D eigenvalue weighted by molar-refractivity contribution is 7.07. The van der Waals surface area contributed by atoms with Gasteiger partial charge in [-0.2, -0.15) is 5.10 Å². The molecular weight excluding hydrogens is 438 g/mol. The van der Waals surface area contributed by atoms with Crippen molar-refractivity contribution in [2.24, 2.45) is 10.1 Å². The average Bonchev–Trinajstić information content (AvgIpc) is 3.44. The van der Waals surface area contributed by atoms with Crippen LogP contribution in [0.4, 0.5) is 0 Å². The van der Waals surface area contributed by atoms with Gasteiger partial charge in [0.05, 0.1) is 34.1 Å². The maximum atomic E-state index is 6.09. The Balaban J connectivity index is 1.84. The number of fused-ring (bicyclic) bond motifs is 1. The zero-order valence-electron chi connectivity index (χ0n) is 19.0. The maximum absolute atomic E-state index is 6.09. The number of rotatable bonds is 8. The molecule has 0 aliphatic rings. The first-order chi connectivity index (χ1) is 16.0. The fraction of sp³-hybridized carbons (Fsp3) is 0.200. The number of ether oxygens (including phenoxy) is 3. The summed E-state index contributed by atoms with van der Waals surface area (Å²) < 4.78 is 24.3. The molecule has 0 fully saturated rings. The third-order valence-corrected chi connectivity index (χ3v) is 5.75. The van der Waals surface area contributed by atoms with E-state index in [1.54, 1.807) is 32.2 Å². The molecule has 33 heavy (non-hydrogen) atoms. The van der Waals surface area contributed by atoms with Gasteiger partial charge in [-0.15, -0.1) is 11.3 Å². The van der Waals surface area contributed by atoms with Gasteiger partial charge in [-0.05, 0) is 31.2 Å². The van der Waals surface area contributed by atoms with Crippen molar-refractivity contribution in [3.8, 4) is 28.7 Å². The molecule has 0 aliphatic heterocycles. The highest BCUT2D eigenvalue weighted by atomic mass is 32.1. The first kappa shape index (κ1) is 22.4. The van der Waals surface area contributed by atoms with Gasteiger partial charge in [0.1, 0.15) is 11.3 Å². The Hall–Kier alpha value is -3.78. The minimum absolute atomic E-state index is 0.504. The summed E-state index contributed by atoms with van der Waals surface area (Å²) in [6.45, 7) is 6.40. The van der Waals surface area contributed by atoms with Crippen LogP contribution in [0.3, 0.4) is 0 Å². The highest BCUT2D eigenvalue weighted by Crippen LogP contribution is 2.39. The van der Waals surface area contributed by atoms with Gasteiger partial charge in [0.25, 0.3) is 0 Å². The van der Waals surface area contributed by atoms with Crippen LogP contribution in [0.5, 0.6) is 17.2 Å². The molecule has 0 radical (unpaired) electrons. The summed E-state index contributed by atoms with van der Waals surface area (Å²) >= 11 is 1.49. The molecule has 0 N–H and O–H groups in total. The van der Waals surface area contributed by atoms with Crippen LogP contribution in [0, 0.1) is 0 Å². The lowest BCUT2D eigenvalue weighted by Gasteiger charge is -2.13. The predicted octanol–water partition coefficient (Wildman–Crippen LogP) is 5.35. The predicted molar refractivity (Wildman–Crippen MR) is 132 cm³/mol. The molecule has 0 spiro atoms. The number of hydrogen-bond donors (Lipinski definition) is 0. The SMILES string of the molecule is C=C(C)CN=c1scc(-c2cc3ccccc3o2)n1N=Cc1ccc(OC)c(OC)c1OC. The van der Waals surface area contributed by atoms with E-state index in [1.807, 2.05) is 54.8 Å². The number of furan rings is 1. The largest absolute Gasteiger partial charge is 0.493 e. The van der Waals surface area contributed by atoms with Gasteiger partial charge in [0.15, 0.2) is 17.3 Å². The van der Waals surface area contributed by atoms with Crippen molar-refractivity contribution < 1.29 is 18.6 Å². The summed E-state index contributed by atoms with van der Waals surface area (Å²) in [6, 6.07) is 13.6. The molecular formula is C25H25N3O4S. The third-order valence-electron chi connectivity index (χ3n) is 4.89. The fourth-order valence-electron chi connectivity index (χ4n) is 3.35. The van der Waals surface area contributed by atoms with Crippen molar-refractivity contribution in [3.63, 3.8) is 0 Å². The minimum Gasteiger partial charge on any atom is -0.493 e. The number of methoxy groups -OCH3 is 3. The van der Waals surface area contributed by atoms with Gasteiger partial charge in [-0.25, -0.2) is 4.68 Å². The van der Waals surface area contributed by atoms with Crippen LogP contribution in [0.25, 0.3) is 22.4 Å². The van der Waals surface area contributed by atoms with Gasteiger partial charge >= 0.3 is 0 Å². The summed E-state index contributed by atoms with van der Waals surface area (Å²) in [7, 11) is 4.74. The minimum atomic E-state index is 0.504. The first-order valence-corrected chi connectivity index (χ1v) is 11.1. The summed E-state index contributed by atoms with van der Waals surface area (Å²) in [5, 5.41) is 7.75. The molecule has 2 heterocycles. The molecule has 0 aliphatic carbocycles. The van der Waals surface area contributed by atoms with Crippen LogP contribution in [-0.4, -0.2) is 38.8 Å². The summed E-state index contributed by atoms with van der Waals surface area (Å²) in [4.78, 5) is 5.40. The van der Waals surface area contributed by atoms with E-state index in [-0.39, 0.29) is 0 Å². The van der Waals surface area contributed by atoms with Gasteiger partial charge in [0, 0.05) is 16.3 Å². The molecule has 0 saturated heterocycles. The van der Waals surface area contributed by atoms with Crippen LogP contribution in [0.1, 0.15) is 12.5 Å². The molecule has 7 nitrogen and oxygen atoms in total. The van der Waals surface area contributed by atoms with Crippen molar-refractivity contribution in [2.45, 2.75) is 6.92 Å². The number of thiazole rings is 1. The Morgan fingerprint density at radius 3 is 2.58 bits per heavy atom. The Morgan fingerprint density at radius 2 is 1.88 bits per heavy atom. The smallest absolute Gasteiger partial charge is 0.206 e. The van der Waals surface area contributed by atoms with E-state index in [4.69, 9.17) is 23.7 Å². The summed E-state index contributed by atoms with van der Waals surface area (Å²) in [5.41, 5.74) is 3.31. The molecule has 0 atom stereocenters. The van der Waals surface area contributed by atoms with Gasteiger partial charge < -0.3 is 18.6 Å². The van der Waals surface area contributed by atoms with Crippen molar-refractivity contribution in [1.29, 1.82) is 0 Å². The summed E-state index contributed by atoms with van der Waals surface area (Å²) in [6.07, 6.45) is 1.71. The quantitative estimate of drug-likeness (QED) is 0.261. The second-order valence-corrected chi connectivity index (χ2v) is 8.14. The topological polar surface area (TPSA) is 70.5 Å². The van der Waals surface area contributed by atoms with E-state index in [2.05, 4.69) is 11.6 Å². The molecule has 2 aromatic carbocycles. The Labute approximate surface area is 195 Å². The van der Waals surface area contributed by atoms with Gasteiger partial charge in [-0.1, -0.05) is 30.4 Å². The van der Waals surface area contributed by atoms with Crippen molar-refractivity contribution in [2.75, 3.05) is 27.9 Å². The maximum Gasteiger partial charge on any atom is 0.206 e. The van der Waals surface area contributed by atoms with E-state index in [0.717, 1.165) is 32.6 Å². The van der Waals surface area contributed by atoms with Gasteiger partial charge in [-0.3, -0.25) is 4.99 Å². The molecule has 0 bridgehead atoms. The van der Waals surface area contributed by atoms with E-state index in [0.29, 0.717) is 29.6 Å². The zero-order chi connectivity index (χ0) is 23.4. The molecule has 4 aromatic rings.